The van der Waals surface area contributed by atoms with Crippen molar-refractivity contribution in [2.24, 2.45) is 12.2 Å². The Kier molecular flexibility index (Phi) is 3.85. The van der Waals surface area contributed by atoms with Crippen molar-refractivity contribution in [2.75, 3.05) is 5.32 Å². The number of halogens is 1. The molecule has 0 saturated carbocycles. The summed E-state index contributed by atoms with van der Waals surface area (Å²) in [5, 5.41) is 11.0. The van der Waals surface area contributed by atoms with Gasteiger partial charge in [0.05, 0.1) is 22.8 Å². The normalized spacial score (nSPS) is 16.9. The molecule has 0 saturated heterocycles. The maximum Gasteiger partial charge on any atom is 0.268 e. The number of rotatable bonds is 3. The van der Waals surface area contributed by atoms with Crippen LogP contribution in [0.3, 0.4) is 0 Å². The van der Waals surface area contributed by atoms with Crippen LogP contribution in [-0.2, 0) is 16.7 Å². The van der Waals surface area contributed by atoms with E-state index in [-0.39, 0.29) is 11.7 Å². The summed E-state index contributed by atoms with van der Waals surface area (Å²) in [7, 11) is 1.81. The molecule has 0 radical (unpaired) electrons. The van der Waals surface area contributed by atoms with Gasteiger partial charge in [0.25, 0.3) is 5.91 Å². The van der Waals surface area contributed by atoms with E-state index < -0.39 is 6.10 Å². The number of benzene rings is 1. The molecule has 0 aliphatic carbocycles. The molecule has 7 heteroatoms. The highest BCUT2D eigenvalue weighted by Gasteiger charge is 2.30. The molecule has 0 bridgehead atoms. The van der Waals surface area contributed by atoms with Crippen LogP contribution < -0.4 is 5.32 Å². The number of hydrogen-bond acceptors (Lipinski definition) is 4. The van der Waals surface area contributed by atoms with Crippen molar-refractivity contribution in [1.82, 2.24) is 9.78 Å². The Balaban J connectivity index is 1.69. The molecule has 1 aromatic heterocycles. The molecule has 0 unspecified atom stereocenters. The van der Waals surface area contributed by atoms with E-state index in [0.29, 0.717) is 23.4 Å². The summed E-state index contributed by atoms with van der Waals surface area (Å²) in [6, 6.07) is 6.07. The standard InChI is InChI=1S/C16H17FN4O2/c1-9-15(10(2)21(3)19-9)18-16(22)14-8-13(20-23-14)11-5-4-6-12(17)7-11/h4-7,14H,8H2,1-3H3,(H,18,22)/t14-/m0/s1. The second kappa shape index (κ2) is 5.83. The number of anilines is 1. The number of oxime groups is 1. The number of amides is 1. The first-order valence-electron chi connectivity index (χ1n) is 7.25. The number of carbonyl (C=O) groups excluding carboxylic acids is 1. The lowest BCUT2D eigenvalue weighted by atomic mass is 10.0. The number of nitrogens with zero attached hydrogens (tertiary/aromatic N) is 3. The summed E-state index contributed by atoms with van der Waals surface area (Å²) in [4.78, 5) is 17.6. The maximum atomic E-state index is 13.3. The van der Waals surface area contributed by atoms with Gasteiger partial charge in [0.1, 0.15) is 5.82 Å². The zero-order valence-corrected chi connectivity index (χ0v) is 13.1. The van der Waals surface area contributed by atoms with Crippen LogP contribution >= 0.6 is 0 Å². The van der Waals surface area contributed by atoms with Crippen LogP contribution in [0.25, 0.3) is 0 Å². The first kappa shape index (κ1) is 15.2. The van der Waals surface area contributed by atoms with Gasteiger partial charge in [-0.15, -0.1) is 0 Å². The summed E-state index contributed by atoms with van der Waals surface area (Å²) in [5.41, 5.74) is 3.46. The average molecular weight is 316 g/mol. The molecule has 2 aromatic rings. The zero-order valence-electron chi connectivity index (χ0n) is 13.1. The molecule has 1 aliphatic rings. The number of nitrogens with one attached hydrogen (secondary N) is 1. The lowest BCUT2D eigenvalue weighted by molar-refractivity contribution is -0.125. The van der Waals surface area contributed by atoms with Gasteiger partial charge >= 0.3 is 0 Å². The Bertz CT molecular complexity index is 797. The van der Waals surface area contributed by atoms with Crippen LogP contribution in [0.4, 0.5) is 10.1 Å². The highest BCUT2D eigenvalue weighted by Crippen LogP contribution is 2.22. The summed E-state index contributed by atoms with van der Waals surface area (Å²) in [6.07, 6.45) is -0.430. The second-order valence-electron chi connectivity index (χ2n) is 5.51. The van der Waals surface area contributed by atoms with Crippen LogP contribution in [0.2, 0.25) is 0 Å². The van der Waals surface area contributed by atoms with Crippen molar-refractivity contribution < 1.29 is 14.0 Å². The smallest absolute Gasteiger partial charge is 0.268 e. The first-order chi connectivity index (χ1) is 11.0. The van der Waals surface area contributed by atoms with Crippen molar-refractivity contribution in [1.29, 1.82) is 0 Å². The van der Waals surface area contributed by atoms with Crippen molar-refractivity contribution in [3.05, 3.63) is 47.0 Å². The van der Waals surface area contributed by atoms with Crippen molar-refractivity contribution in [3.8, 4) is 0 Å². The molecule has 23 heavy (non-hydrogen) atoms. The summed E-state index contributed by atoms with van der Waals surface area (Å²) in [6.45, 7) is 3.70. The van der Waals surface area contributed by atoms with E-state index in [2.05, 4.69) is 15.6 Å². The summed E-state index contributed by atoms with van der Waals surface area (Å²) < 4.78 is 15.0. The van der Waals surface area contributed by atoms with E-state index in [9.17, 15) is 9.18 Å². The molecule has 6 nitrogen and oxygen atoms in total. The van der Waals surface area contributed by atoms with Crippen LogP contribution in [0.5, 0.6) is 0 Å². The van der Waals surface area contributed by atoms with Gasteiger partial charge in [-0.2, -0.15) is 5.10 Å². The van der Waals surface area contributed by atoms with Crippen LogP contribution in [0.15, 0.2) is 29.4 Å². The quantitative estimate of drug-likeness (QED) is 0.945. The third-order valence-electron chi connectivity index (χ3n) is 3.88. The van der Waals surface area contributed by atoms with Gasteiger partial charge in [-0.3, -0.25) is 9.48 Å². The Morgan fingerprint density at radius 2 is 2.22 bits per heavy atom. The van der Waals surface area contributed by atoms with E-state index in [1.807, 2.05) is 20.9 Å². The van der Waals surface area contributed by atoms with Crippen molar-refractivity contribution >= 4 is 17.3 Å². The SMILES string of the molecule is Cc1nn(C)c(C)c1NC(=O)[C@@H]1CC(c2cccc(F)c2)=NO1. The number of aromatic nitrogens is 2. The van der Waals surface area contributed by atoms with Gasteiger partial charge in [0.15, 0.2) is 0 Å². The fourth-order valence-electron chi connectivity index (χ4n) is 2.51. The van der Waals surface area contributed by atoms with E-state index in [0.717, 1.165) is 11.4 Å². The topological polar surface area (TPSA) is 68.5 Å². The molecule has 1 aliphatic heterocycles. The largest absolute Gasteiger partial charge is 0.382 e. The lowest BCUT2D eigenvalue weighted by Crippen LogP contribution is -2.28. The predicted molar refractivity (Wildman–Crippen MR) is 83.7 cm³/mol. The fourth-order valence-corrected chi connectivity index (χ4v) is 2.51. The number of hydrogen-bond donors (Lipinski definition) is 1. The minimum absolute atomic E-state index is 0.292. The monoisotopic (exact) mass is 316 g/mol. The molecule has 0 spiro atoms. The van der Waals surface area contributed by atoms with Gasteiger partial charge in [-0.1, -0.05) is 17.3 Å². The maximum absolute atomic E-state index is 13.3. The minimum Gasteiger partial charge on any atom is -0.382 e. The molecule has 1 atom stereocenters. The molecule has 3 rings (SSSR count). The van der Waals surface area contributed by atoms with Gasteiger partial charge in [0, 0.05) is 19.0 Å². The third-order valence-corrected chi connectivity index (χ3v) is 3.88. The molecular weight excluding hydrogens is 299 g/mol. The van der Waals surface area contributed by atoms with E-state index in [1.165, 1.54) is 12.1 Å². The Labute approximate surface area is 132 Å². The summed E-state index contributed by atoms with van der Waals surface area (Å²) in [5.74, 6) is -0.640. The van der Waals surface area contributed by atoms with E-state index >= 15 is 0 Å². The Morgan fingerprint density at radius 3 is 2.87 bits per heavy atom. The average Bonchev–Trinajstić information content (AvgIpc) is 3.09. The molecule has 1 amide bonds. The van der Waals surface area contributed by atoms with Crippen molar-refractivity contribution in [3.63, 3.8) is 0 Å². The molecule has 2 heterocycles. The molecule has 120 valence electrons. The molecule has 1 aromatic carbocycles. The Hall–Kier alpha value is -2.70. The van der Waals surface area contributed by atoms with E-state index in [1.54, 1.807) is 16.8 Å². The van der Waals surface area contributed by atoms with Gasteiger partial charge in [-0.25, -0.2) is 4.39 Å². The van der Waals surface area contributed by atoms with Crippen LogP contribution in [0.1, 0.15) is 23.4 Å². The van der Waals surface area contributed by atoms with Crippen LogP contribution in [0, 0.1) is 19.7 Å². The zero-order chi connectivity index (χ0) is 16.6. The fraction of sp³-hybridized carbons (Fsp3) is 0.312. The highest BCUT2D eigenvalue weighted by molar-refractivity contribution is 6.06. The molecule has 0 fully saturated rings. The Morgan fingerprint density at radius 1 is 1.43 bits per heavy atom. The number of carbonyl (C=O) groups is 1. The predicted octanol–water partition coefficient (Wildman–Crippen LogP) is 2.31. The first-order valence-corrected chi connectivity index (χ1v) is 7.25. The van der Waals surface area contributed by atoms with E-state index in [4.69, 9.17) is 4.84 Å². The van der Waals surface area contributed by atoms with Gasteiger partial charge in [0.2, 0.25) is 6.10 Å². The van der Waals surface area contributed by atoms with Gasteiger partial charge in [-0.05, 0) is 26.0 Å². The second-order valence-corrected chi connectivity index (χ2v) is 5.51. The van der Waals surface area contributed by atoms with Crippen LogP contribution in [-0.4, -0.2) is 27.5 Å². The van der Waals surface area contributed by atoms with Gasteiger partial charge < -0.3 is 10.2 Å². The summed E-state index contributed by atoms with van der Waals surface area (Å²) >= 11 is 0. The molecular formula is C16H17FN4O2. The third kappa shape index (κ3) is 2.94. The minimum atomic E-state index is -0.729. The molecule has 1 N–H and O–H groups in total. The van der Waals surface area contributed by atoms with Crippen molar-refractivity contribution in [2.45, 2.75) is 26.4 Å². The number of aryl methyl sites for hydroxylation is 2. The highest BCUT2D eigenvalue weighted by atomic mass is 19.1. The lowest BCUT2D eigenvalue weighted by Gasteiger charge is -2.09.